The van der Waals surface area contributed by atoms with Gasteiger partial charge in [-0.1, -0.05) is 60.3 Å². The molecule has 1 unspecified atom stereocenters. The van der Waals surface area contributed by atoms with E-state index in [1.807, 2.05) is 48.5 Å². The van der Waals surface area contributed by atoms with Gasteiger partial charge in [-0.25, -0.2) is 0 Å². The molecule has 1 amide bonds. The zero-order valence-corrected chi connectivity index (χ0v) is 22.5. The van der Waals surface area contributed by atoms with Gasteiger partial charge in [0.15, 0.2) is 0 Å². The Labute approximate surface area is 228 Å². The molecule has 6 rings (SSSR count). The first-order valence-electron chi connectivity index (χ1n) is 13.1. The summed E-state index contributed by atoms with van der Waals surface area (Å²) in [6.07, 6.45) is 8.49. The molecular formula is C30H31Cl2N3O2. The minimum absolute atomic E-state index is 0.0430. The van der Waals surface area contributed by atoms with Crippen molar-refractivity contribution in [1.82, 2.24) is 15.5 Å². The second-order valence-electron chi connectivity index (χ2n) is 10.7. The molecule has 2 aromatic rings. The van der Waals surface area contributed by atoms with Crippen LogP contribution >= 0.6 is 23.2 Å². The van der Waals surface area contributed by atoms with Gasteiger partial charge in [-0.2, -0.15) is 0 Å². The fourth-order valence-corrected chi connectivity index (χ4v) is 6.39. The Balaban J connectivity index is 1.48. The first-order valence-corrected chi connectivity index (χ1v) is 13.8. The topological polar surface area (TPSA) is 53.6 Å². The molecule has 2 N–H and O–H groups in total. The van der Waals surface area contributed by atoms with Crippen LogP contribution in [0.5, 0.6) is 0 Å². The van der Waals surface area contributed by atoms with E-state index in [9.17, 15) is 4.79 Å². The molecule has 192 valence electrons. The Morgan fingerprint density at radius 3 is 2.24 bits per heavy atom. The standard InChI is InChI=1S/C30H31Cl2N3O2/c1-35-17-21(16-19-6-10-22(31)11-7-19)27-24(18-35)25(20-8-12-23(32)13-9-20)26-28(36)33-30(34-29(26)37-27)14-4-2-3-5-15-30/h6-13,16,25,34H,2-5,14-15,17-18H2,1H3,(H,33,36)/b21-16-. The maximum atomic E-state index is 13.8. The molecule has 4 aliphatic rings. The lowest BCUT2D eigenvalue weighted by atomic mass is 9.78. The lowest BCUT2D eigenvalue weighted by molar-refractivity contribution is -0.122. The SMILES string of the molecule is CN1CC2=C(OC3=C(C(=O)NC4(CCCCCC4)N3)C2c2ccc(Cl)cc2)/C(=C\c2ccc(Cl)cc2)C1. The summed E-state index contributed by atoms with van der Waals surface area (Å²) >= 11 is 12.4. The number of carbonyl (C=O) groups excluding carboxylic acids is 1. The van der Waals surface area contributed by atoms with Crippen molar-refractivity contribution >= 4 is 35.2 Å². The van der Waals surface area contributed by atoms with Crippen LogP contribution in [0.1, 0.15) is 55.6 Å². The normalized spacial score (nSPS) is 24.7. The van der Waals surface area contributed by atoms with Crippen molar-refractivity contribution in [3.8, 4) is 0 Å². The van der Waals surface area contributed by atoms with Crippen LogP contribution in [-0.2, 0) is 9.53 Å². The summed E-state index contributed by atoms with van der Waals surface area (Å²) in [5.41, 5.74) is 4.45. The first-order chi connectivity index (χ1) is 17.9. The highest BCUT2D eigenvalue weighted by Crippen LogP contribution is 2.46. The second-order valence-corrected chi connectivity index (χ2v) is 11.5. The summed E-state index contributed by atoms with van der Waals surface area (Å²) in [4.78, 5) is 16.1. The van der Waals surface area contributed by atoms with E-state index in [2.05, 4.69) is 28.7 Å². The molecule has 0 saturated heterocycles. The van der Waals surface area contributed by atoms with Gasteiger partial charge in [0.05, 0.1) is 5.57 Å². The van der Waals surface area contributed by atoms with Crippen molar-refractivity contribution in [2.24, 2.45) is 0 Å². The molecular weight excluding hydrogens is 505 g/mol. The number of benzene rings is 2. The Morgan fingerprint density at radius 1 is 0.919 bits per heavy atom. The molecule has 3 aliphatic heterocycles. The lowest BCUT2D eigenvalue weighted by Gasteiger charge is -2.46. The molecule has 2 aromatic carbocycles. The van der Waals surface area contributed by atoms with E-state index in [0.717, 1.165) is 60.3 Å². The van der Waals surface area contributed by atoms with E-state index in [1.54, 1.807) is 0 Å². The van der Waals surface area contributed by atoms with Gasteiger partial charge in [0.25, 0.3) is 5.91 Å². The highest BCUT2D eigenvalue weighted by Gasteiger charge is 2.47. The van der Waals surface area contributed by atoms with Crippen LogP contribution in [0.3, 0.4) is 0 Å². The predicted molar refractivity (Wildman–Crippen MR) is 148 cm³/mol. The largest absolute Gasteiger partial charge is 0.440 e. The summed E-state index contributed by atoms with van der Waals surface area (Å²) in [7, 11) is 2.10. The van der Waals surface area contributed by atoms with E-state index >= 15 is 0 Å². The Hall–Kier alpha value is -2.73. The van der Waals surface area contributed by atoms with Gasteiger partial charge in [-0.05, 0) is 79.8 Å². The minimum Gasteiger partial charge on any atom is -0.440 e. The number of rotatable bonds is 2. The molecule has 1 spiro atoms. The lowest BCUT2D eigenvalue weighted by Crippen LogP contribution is -2.63. The molecule has 1 atom stereocenters. The minimum atomic E-state index is -0.458. The number of ether oxygens (including phenoxy) is 1. The van der Waals surface area contributed by atoms with Crippen molar-refractivity contribution in [1.29, 1.82) is 0 Å². The number of nitrogens with zero attached hydrogens (tertiary/aromatic N) is 1. The molecule has 0 aromatic heterocycles. The van der Waals surface area contributed by atoms with Crippen LogP contribution in [0.4, 0.5) is 0 Å². The third-order valence-electron chi connectivity index (χ3n) is 7.87. The van der Waals surface area contributed by atoms with E-state index in [0.29, 0.717) is 28.0 Å². The van der Waals surface area contributed by atoms with Crippen molar-refractivity contribution in [2.75, 3.05) is 20.1 Å². The van der Waals surface area contributed by atoms with Crippen LogP contribution < -0.4 is 10.6 Å². The quantitative estimate of drug-likeness (QED) is 0.468. The van der Waals surface area contributed by atoms with E-state index < -0.39 is 5.66 Å². The monoisotopic (exact) mass is 535 g/mol. The average Bonchev–Trinajstić information content (AvgIpc) is 3.10. The number of hydrogen-bond donors (Lipinski definition) is 2. The molecule has 1 fully saturated rings. The van der Waals surface area contributed by atoms with Crippen LogP contribution in [-0.4, -0.2) is 36.6 Å². The average molecular weight is 537 g/mol. The third-order valence-corrected chi connectivity index (χ3v) is 8.38. The number of nitrogens with one attached hydrogen (secondary N) is 2. The molecule has 0 bridgehead atoms. The maximum absolute atomic E-state index is 13.8. The van der Waals surface area contributed by atoms with Gasteiger partial charge in [0.1, 0.15) is 11.4 Å². The van der Waals surface area contributed by atoms with Crippen LogP contribution in [0.2, 0.25) is 10.0 Å². The molecule has 5 nitrogen and oxygen atoms in total. The van der Waals surface area contributed by atoms with Crippen molar-refractivity contribution < 1.29 is 9.53 Å². The van der Waals surface area contributed by atoms with Crippen LogP contribution in [0.25, 0.3) is 6.08 Å². The highest BCUT2D eigenvalue weighted by atomic mass is 35.5. The number of carbonyl (C=O) groups is 1. The van der Waals surface area contributed by atoms with Gasteiger partial charge >= 0.3 is 0 Å². The molecule has 7 heteroatoms. The van der Waals surface area contributed by atoms with Crippen molar-refractivity contribution in [2.45, 2.75) is 50.1 Å². The van der Waals surface area contributed by atoms with Gasteiger partial charge in [-0.15, -0.1) is 0 Å². The third kappa shape index (κ3) is 4.81. The maximum Gasteiger partial charge on any atom is 0.255 e. The Morgan fingerprint density at radius 2 is 1.57 bits per heavy atom. The fraction of sp³-hybridized carbons (Fsp3) is 0.367. The highest BCUT2D eigenvalue weighted by molar-refractivity contribution is 6.30. The molecule has 0 radical (unpaired) electrons. The van der Waals surface area contributed by atoms with E-state index in [4.69, 9.17) is 27.9 Å². The number of likely N-dealkylation sites (N-methyl/N-ethyl adjacent to an activating group) is 1. The molecule has 1 aliphatic carbocycles. The molecule has 37 heavy (non-hydrogen) atoms. The fourth-order valence-electron chi connectivity index (χ4n) is 6.14. The summed E-state index contributed by atoms with van der Waals surface area (Å²) in [5, 5.41) is 8.45. The smallest absolute Gasteiger partial charge is 0.255 e. The van der Waals surface area contributed by atoms with Gasteiger partial charge in [0, 0.05) is 34.6 Å². The Kier molecular flexibility index (Phi) is 6.56. The summed E-state index contributed by atoms with van der Waals surface area (Å²) in [6.45, 7) is 1.45. The number of hydrogen-bond acceptors (Lipinski definition) is 4. The summed E-state index contributed by atoms with van der Waals surface area (Å²) < 4.78 is 6.71. The van der Waals surface area contributed by atoms with Crippen molar-refractivity contribution in [3.05, 3.63) is 98.1 Å². The molecule has 3 heterocycles. The van der Waals surface area contributed by atoms with Crippen LogP contribution in [0, 0.1) is 0 Å². The van der Waals surface area contributed by atoms with Crippen LogP contribution in [0.15, 0.2) is 76.9 Å². The summed E-state index contributed by atoms with van der Waals surface area (Å²) in [5.74, 6) is 1.18. The predicted octanol–water partition coefficient (Wildman–Crippen LogP) is 6.37. The molecule has 1 saturated carbocycles. The van der Waals surface area contributed by atoms with Gasteiger partial charge in [-0.3, -0.25) is 9.69 Å². The number of amides is 1. The van der Waals surface area contributed by atoms with Gasteiger partial charge in [0.2, 0.25) is 5.88 Å². The van der Waals surface area contributed by atoms with Crippen molar-refractivity contribution in [3.63, 3.8) is 0 Å². The first kappa shape index (κ1) is 24.6. The van der Waals surface area contributed by atoms with E-state index in [-0.39, 0.29) is 11.8 Å². The zero-order chi connectivity index (χ0) is 25.6. The van der Waals surface area contributed by atoms with Gasteiger partial charge < -0.3 is 15.4 Å². The second kappa shape index (κ2) is 9.86. The summed E-state index contributed by atoms with van der Waals surface area (Å²) in [6, 6.07) is 15.7. The Bertz CT molecular complexity index is 1300. The number of halogens is 2. The van der Waals surface area contributed by atoms with E-state index in [1.165, 1.54) is 12.8 Å². The zero-order valence-electron chi connectivity index (χ0n) is 20.9.